The second-order valence-corrected chi connectivity index (χ2v) is 5.60. The minimum absolute atomic E-state index is 0.0717. The van der Waals surface area contributed by atoms with Gasteiger partial charge in [-0.3, -0.25) is 0 Å². The topological polar surface area (TPSA) is 66.0 Å². The number of alkyl halides is 3. The summed E-state index contributed by atoms with van der Waals surface area (Å²) in [7, 11) is 0. The summed E-state index contributed by atoms with van der Waals surface area (Å²) in [6.45, 7) is 0.879. The monoisotopic (exact) mass is 290 g/mol. The molecule has 1 fully saturated rings. The summed E-state index contributed by atoms with van der Waals surface area (Å²) >= 11 is 0. The fraction of sp³-hybridized carbons (Fsp3) is 0.833. The number of aromatic nitrogens is 3. The van der Waals surface area contributed by atoms with Crippen molar-refractivity contribution in [2.24, 2.45) is 11.7 Å². The second kappa shape index (κ2) is 4.70. The maximum absolute atomic E-state index is 12.9. The first-order valence-corrected chi connectivity index (χ1v) is 6.76. The fourth-order valence-electron chi connectivity index (χ4n) is 2.92. The predicted molar refractivity (Wildman–Crippen MR) is 63.8 cm³/mol. The molecular weight excluding hydrogens is 273 g/mol. The lowest BCUT2D eigenvalue weighted by Crippen LogP contribution is -2.45. The molecule has 20 heavy (non-hydrogen) atoms. The summed E-state index contributed by atoms with van der Waals surface area (Å²) in [4.78, 5) is 0. The molecule has 2 aliphatic heterocycles. The van der Waals surface area contributed by atoms with Crippen LogP contribution in [0.5, 0.6) is 0 Å². The largest absolute Gasteiger partial charge is 0.393 e. The molecule has 1 atom stereocenters. The highest BCUT2D eigenvalue weighted by atomic mass is 19.4. The van der Waals surface area contributed by atoms with Crippen LogP contribution in [0.25, 0.3) is 0 Å². The summed E-state index contributed by atoms with van der Waals surface area (Å²) in [5.41, 5.74) is 5.59. The van der Waals surface area contributed by atoms with Crippen LogP contribution in [-0.4, -0.2) is 34.2 Å². The van der Waals surface area contributed by atoms with Crippen molar-refractivity contribution in [3.8, 4) is 0 Å². The molecule has 0 amide bonds. The molecule has 0 radical (unpaired) electrons. The molecule has 5 nitrogen and oxygen atoms in total. The average molecular weight is 290 g/mol. The highest BCUT2D eigenvalue weighted by Gasteiger charge is 2.44. The molecule has 3 rings (SSSR count). The van der Waals surface area contributed by atoms with Crippen molar-refractivity contribution >= 4 is 0 Å². The van der Waals surface area contributed by atoms with Crippen molar-refractivity contribution in [1.29, 1.82) is 0 Å². The van der Waals surface area contributed by atoms with Gasteiger partial charge in [0.25, 0.3) is 0 Å². The number of aryl methyl sites for hydroxylation is 1. The Hall–Kier alpha value is -1.15. The molecule has 112 valence electrons. The predicted octanol–water partition coefficient (Wildman–Crippen LogP) is 1.37. The maximum Gasteiger partial charge on any atom is 0.393 e. The summed E-state index contributed by atoms with van der Waals surface area (Å²) in [5, 5.41) is 8.09. The van der Waals surface area contributed by atoms with Crippen molar-refractivity contribution in [3.63, 3.8) is 0 Å². The number of ether oxygens (including phenoxy) is 1. The Morgan fingerprint density at radius 3 is 2.60 bits per heavy atom. The van der Waals surface area contributed by atoms with Gasteiger partial charge in [0, 0.05) is 26.2 Å². The van der Waals surface area contributed by atoms with Crippen LogP contribution in [0.15, 0.2) is 0 Å². The van der Waals surface area contributed by atoms with Crippen LogP contribution in [-0.2, 0) is 23.2 Å². The molecule has 1 saturated heterocycles. The average Bonchev–Trinajstić information content (AvgIpc) is 2.82. The molecule has 1 aromatic heterocycles. The fourth-order valence-corrected chi connectivity index (χ4v) is 2.92. The van der Waals surface area contributed by atoms with Crippen LogP contribution in [0.1, 0.15) is 30.9 Å². The Balaban J connectivity index is 1.91. The standard InChI is InChI=1S/C12H17F3N4O/c13-12(14,15)8-1-2-9-17-18-10(19(9)7-8)11(16)3-5-20-6-4-11/h8H,1-7,16H2. The normalized spacial score (nSPS) is 26.3. The van der Waals surface area contributed by atoms with Crippen LogP contribution in [0.4, 0.5) is 13.2 Å². The van der Waals surface area contributed by atoms with Crippen LogP contribution >= 0.6 is 0 Å². The summed E-state index contributed by atoms with van der Waals surface area (Å²) < 4.78 is 45.6. The van der Waals surface area contributed by atoms with E-state index in [1.807, 2.05) is 0 Å². The molecule has 1 unspecified atom stereocenters. The van der Waals surface area contributed by atoms with Gasteiger partial charge in [-0.1, -0.05) is 0 Å². The van der Waals surface area contributed by atoms with Gasteiger partial charge in [0.15, 0.2) is 5.82 Å². The van der Waals surface area contributed by atoms with E-state index < -0.39 is 17.6 Å². The first kappa shape index (κ1) is 13.8. The van der Waals surface area contributed by atoms with Crippen LogP contribution < -0.4 is 5.73 Å². The van der Waals surface area contributed by atoms with Gasteiger partial charge >= 0.3 is 6.18 Å². The summed E-state index contributed by atoms with van der Waals surface area (Å²) in [6.07, 6.45) is -2.70. The molecule has 0 bridgehead atoms. The number of nitrogens with zero attached hydrogens (tertiary/aromatic N) is 3. The Bertz CT molecular complexity index is 493. The third-order valence-electron chi connectivity index (χ3n) is 4.24. The molecule has 0 aromatic carbocycles. The van der Waals surface area contributed by atoms with E-state index in [-0.39, 0.29) is 13.0 Å². The van der Waals surface area contributed by atoms with Crippen molar-refractivity contribution in [3.05, 3.63) is 11.6 Å². The van der Waals surface area contributed by atoms with E-state index in [0.29, 0.717) is 44.1 Å². The van der Waals surface area contributed by atoms with E-state index in [1.54, 1.807) is 4.57 Å². The quantitative estimate of drug-likeness (QED) is 0.848. The third kappa shape index (κ3) is 2.31. The van der Waals surface area contributed by atoms with Gasteiger partial charge in [0.2, 0.25) is 0 Å². The number of fused-ring (bicyclic) bond motifs is 1. The molecule has 3 heterocycles. The van der Waals surface area contributed by atoms with Gasteiger partial charge in [-0.05, 0) is 19.3 Å². The molecule has 1 aromatic rings. The Labute approximate surface area is 114 Å². The smallest absolute Gasteiger partial charge is 0.381 e. The summed E-state index contributed by atoms with van der Waals surface area (Å²) in [5.74, 6) is -0.255. The lowest BCUT2D eigenvalue weighted by molar-refractivity contribution is -0.182. The van der Waals surface area contributed by atoms with E-state index in [9.17, 15) is 13.2 Å². The molecule has 0 saturated carbocycles. The van der Waals surface area contributed by atoms with Crippen molar-refractivity contribution in [1.82, 2.24) is 14.8 Å². The first-order chi connectivity index (χ1) is 9.40. The molecular formula is C12H17F3N4O. The number of hydrogen-bond acceptors (Lipinski definition) is 4. The van der Waals surface area contributed by atoms with Crippen molar-refractivity contribution in [2.75, 3.05) is 13.2 Å². The molecule has 2 N–H and O–H groups in total. The first-order valence-electron chi connectivity index (χ1n) is 6.76. The number of nitrogens with two attached hydrogens (primary N) is 1. The van der Waals surface area contributed by atoms with Gasteiger partial charge in [0.1, 0.15) is 5.82 Å². The van der Waals surface area contributed by atoms with Gasteiger partial charge in [0.05, 0.1) is 11.5 Å². The SMILES string of the molecule is NC1(c2nnc3n2CC(C(F)(F)F)CC3)CCOCC1. The Morgan fingerprint density at radius 2 is 1.95 bits per heavy atom. The van der Waals surface area contributed by atoms with E-state index in [2.05, 4.69) is 10.2 Å². The molecule has 0 spiro atoms. The van der Waals surface area contributed by atoms with E-state index in [1.165, 1.54) is 0 Å². The van der Waals surface area contributed by atoms with Crippen molar-refractivity contribution < 1.29 is 17.9 Å². The van der Waals surface area contributed by atoms with Crippen LogP contribution in [0.3, 0.4) is 0 Å². The maximum atomic E-state index is 12.9. The van der Waals surface area contributed by atoms with E-state index >= 15 is 0 Å². The number of hydrogen-bond donors (Lipinski definition) is 1. The van der Waals surface area contributed by atoms with Gasteiger partial charge < -0.3 is 15.0 Å². The van der Waals surface area contributed by atoms with Crippen LogP contribution in [0.2, 0.25) is 0 Å². The second-order valence-electron chi connectivity index (χ2n) is 5.60. The zero-order valence-electron chi connectivity index (χ0n) is 11.0. The van der Waals surface area contributed by atoms with Crippen molar-refractivity contribution in [2.45, 2.75) is 43.9 Å². The third-order valence-corrected chi connectivity index (χ3v) is 4.24. The van der Waals surface area contributed by atoms with Gasteiger partial charge in [-0.15, -0.1) is 10.2 Å². The summed E-state index contributed by atoms with van der Waals surface area (Å²) in [6, 6.07) is 0. The lowest BCUT2D eigenvalue weighted by atomic mass is 9.89. The highest BCUT2D eigenvalue weighted by molar-refractivity contribution is 5.11. The number of halogens is 3. The number of rotatable bonds is 1. The van der Waals surface area contributed by atoms with E-state index in [0.717, 1.165) is 0 Å². The zero-order chi connectivity index (χ0) is 14.4. The Morgan fingerprint density at radius 1 is 1.25 bits per heavy atom. The van der Waals surface area contributed by atoms with Crippen LogP contribution in [0, 0.1) is 5.92 Å². The minimum Gasteiger partial charge on any atom is -0.381 e. The Kier molecular flexibility index (Phi) is 3.24. The molecule has 0 aliphatic carbocycles. The molecule has 8 heteroatoms. The highest BCUT2D eigenvalue weighted by Crippen LogP contribution is 2.37. The van der Waals surface area contributed by atoms with E-state index in [4.69, 9.17) is 10.5 Å². The van der Waals surface area contributed by atoms with Gasteiger partial charge in [-0.2, -0.15) is 13.2 Å². The van der Waals surface area contributed by atoms with Gasteiger partial charge in [-0.25, -0.2) is 0 Å². The zero-order valence-corrected chi connectivity index (χ0v) is 11.0. The minimum atomic E-state index is -4.18. The lowest BCUT2D eigenvalue weighted by Gasteiger charge is -2.34. The molecule has 2 aliphatic rings.